The van der Waals surface area contributed by atoms with Crippen molar-refractivity contribution in [1.82, 2.24) is 9.97 Å². The fourth-order valence-electron chi connectivity index (χ4n) is 4.23. The van der Waals surface area contributed by atoms with E-state index >= 15 is 0 Å². The highest BCUT2D eigenvalue weighted by Crippen LogP contribution is 2.32. The summed E-state index contributed by atoms with van der Waals surface area (Å²) < 4.78 is 2.09. The van der Waals surface area contributed by atoms with E-state index in [-0.39, 0.29) is 0 Å². The van der Waals surface area contributed by atoms with Crippen LogP contribution >= 0.6 is 31.9 Å². The van der Waals surface area contributed by atoms with Gasteiger partial charge in [0, 0.05) is 37.9 Å². The van der Waals surface area contributed by atoms with E-state index in [0.717, 1.165) is 59.2 Å². The van der Waals surface area contributed by atoms with Crippen LogP contribution in [0.2, 0.25) is 0 Å². The molecule has 0 unspecified atom stereocenters. The second-order valence-corrected chi connectivity index (χ2v) is 11.0. The van der Waals surface area contributed by atoms with Crippen LogP contribution in [0.25, 0.3) is 33.5 Å². The lowest BCUT2D eigenvalue weighted by Gasteiger charge is -2.10. The topological polar surface area (TPSA) is 50.5 Å². The van der Waals surface area contributed by atoms with Gasteiger partial charge in [-0.15, -0.1) is 0 Å². The second kappa shape index (κ2) is 11.9. The maximum absolute atomic E-state index is 5.03. The average Bonchev–Trinajstić information content (AvgIpc) is 3.00. The minimum absolute atomic E-state index is 0.668. The molecule has 0 saturated carbocycles. The van der Waals surface area contributed by atoms with Crippen LogP contribution in [0.5, 0.6) is 0 Å². The van der Waals surface area contributed by atoms with Crippen molar-refractivity contribution in [2.24, 2.45) is 9.98 Å². The molecule has 0 amide bonds. The normalized spacial score (nSPS) is 11.6. The standard InChI is InChI=1S/C34H22Br2N4/c35-27-12-6-23(7-13-27)21-37-29-16-10-26(11-17-29)34-39-32-19-18-30(38-22-24-8-14-28(36)15-9-24)20-31(32)33(40-34)25-4-2-1-3-5-25/h1-22H. The van der Waals surface area contributed by atoms with Crippen molar-refractivity contribution in [3.8, 4) is 22.6 Å². The Bertz CT molecular complexity index is 1830. The molecular formula is C34H22Br2N4. The number of benzene rings is 5. The van der Waals surface area contributed by atoms with E-state index in [1.54, 1.807) is 0 Å². The van der Waals surface area contributed by atoms with Gasteiger partial charge in [-0.3, -0.25) is 9.98 Å². The minimum atomic E-state index is 0.668. The Kier molecular flexibility index (Phi) is 7.71. The molecule has 0 spiro atoms. The molecule has 0 saturated heterocycles. The predicted molar refractivity (Wildman–Crippen MR) is 173 cm³/mol. The number of halogens is 2. The minimum Gasteiger partial charge on any atom is -0.256 e. The van der Waals surface area contributed by atoms with Gasteiger partial charge in [0.2, 0.25) is 0 Å². The van der Waals surface area contributed by atoms with Gasteiger partial charge in [0.25, 0.3) is 0 Å². The van der Waals surface area contributed by atoms with Gasteiger partial charge in [-0.05, 0) is 77.9 Å². The third-order valence-corrected chi connectivity index (χ3v) is 7.37. The monoisotopic (exact) mass is 644 g/mol. The summed E-state index contributed by atoms with van der Waals surface area (Å²) >= 11 is 6.94. The van der Waals surface area contributed by atoms with Crippen LogP contribution in [0.1, 0.15) is 11.1 Å². The molecule has 6 rings (SSSR count). The van der Waals surface area contributed by atoms with Gasteiger partial charge in [0.05, 0.1) is 22.6 Å². The molecule has 0 atom stereocenters. The summed E-state index contributed by atoms with van der Waals surface area (Å²) in [4.78, 5) is 19.3. The molecule has 40 heavy (non-hydrogen) atoms. The summed E-state index contributed by atoms with van der Waals surface area (Å²) in [5, 5.41) is 0.955. The summed E-state index contributed by atoms with van der Waals surface area (Å²) in [5.74, 6) is 0.668. The maximum Gasteiger partial charge on any atom is 0.160 e. The van der Waals surface area contributed by atoms with E-state index in [0.29, 0.717) is 5.82 Å². The maximum atomic E-state index is 5.03. The molecule has 5 aromatic carbocycles. The fraction of sp³-hybridized carbons (Fsp3) is 0. The van der Waals surface area contributed by atoms with Gasteiger partial charge < -0.3 is 0 Å². The van der Waals surface area contributed by atoms with Crippen LogP contribution in [-0.4, -0.2) is 22.4 Å². The van der Waals surface area contributed by atoms with Crippen molar-refractivity contribution in [3.63, 3.8) is 0 Å². The fourth-order valence-corrected chi connectivity index (χ4v) is 4.76. The van der Waals surface area contributed by atoms with E-state index in [1.807, 2.05) is 116 Å². The lowest BCUT2D eigenvalue weighted by atomic mass is 10.0. The number of hydrogen-bond acceptors (Lipinski definition) is 4. The first-order valence-electron chi connectivity index (χ1n) is 12.7. The van der Waals surface area contributed by atoms with Crippen LogP contribution in [0.3, 0.4) is 0 Å². The molecule has 0 aliphatic heterocycles. The van der Waals surface area contributed by atoms with E-state index in [1.165, 1.54) is 0 Å². The molecule has 192 valence electrons. The first-order chi connectivity index (χ1) is 19.6. The van der Waals surface area contributed by atoms with E-state index in [4.69, 9.17) is 15.0 Å². The summed E-state index contributed by atoms with van der Waals surface area (Å²) in [7, 11) is 0. The Hall–Kier alpha value is -4.26. The van der Waals surface area contributed by atoms with Crippen LogP contribution < -0.4 is 0 Å². The highest BCUT2D eigenvalue weighted by Gasteiger charge is 2.12. The zero-order valence-corrected chi connectivity index (χ0v) is 24.4. The van der Waals surface area contributed by atoms with Crippen molar-refractivity contribution in [2.45, 2.75) is 0 Å². The summed E-state index contributed by atoms with van der Waals surface area (Å²) in [6.07, 6.45) is 3.73. The Labute approximate surface area is 249 Å². The van der Waals surface area contributed by atoms with Crippen LogP contribution in [0.15, 0.2) is 140 Å². The lowest BCUT2D eigenvalue weighted by molar-refractivity contribution is 1.23. The molecule has 0 fully saturated rings. The van der Waals surface area contributed by atoms with E-state index in [9.17, 15) is 0 Å². The molecule has 1 aromatic heterocycles. The van der Waals surface area contributed by atoms with E-state index in [2.05, 4.69) is 55.1 Å². The Morgan fingerprint density at radius 1 is 0.525 bits per heavy atom. The van der Waals surface area contributed by atoms with Gasteiger partial charge in [-0.25, -0.2) is 9.97 Å². The molecule has 6 heteroatoms. The van der Waals surface area contributed by atoms with E-state index < -0.39 is 0 Å². The first-order valence-corrected chi connectivity index (χ1v) is 14.3. The number of fused-ring (bicyclic) bond motifs is 1. The lowest BCUT2D eigenvalue weighted by Crippen LogP contribution is -1.95. The van der Waals surface area contributed by atoms with Gasteiger partial charge in [-0.2, -0.15) is 0 Å². The SMILES string of the molecule is Brc1ccc(C=Nc2ccc(-c3nc(-c4ccccc4)c4cc(N=Cc5ccc(Br)cc5)ccc4n3)cc2)cc1. The Morgan fingerprint density at radius 2 is 1.10 bits per heavy atom. The number of aromatic nitrogens is 2. The Balaban J connectivity index is 1.35. The highest BCUT2D eigenvalue weighted by atomic mass is 79.9. The van der Waals surface area contributed by atoms with Gasteiger partial charge in [-0.1, -0.05) is 86.5 Å². The number of hydrogen-bond donors (Lipinski definition) is 0. The van der Waals surface area contributed by atoms with Crippen molar-refractivity contribution in [3.05, 3.63) is 141 Å². The number of rotatable bonds is 6. The van der Waals surface area contributed by atoms with Gasteiger partial charge >= 0.3 is 0 Å². The zero-order valence-electron chi connectivity index (χ0n) is 21.2. The molecule has 6 aromatic rings. The summed E-state index contributed by atoms with van der Waals surface area (Å²) in [6.45, 7) is 0. The van der Waals surface area contributed by atoms with Crippen LogP contribution in [0.4, 0.5) is 11.4 Å². The predicted octanol–water partition coefficient (Wildman–Crippen LogP) is 9.99. The molecule has 1 heterocycles. The van der Waals surface area contributed by atoms with Gasteiger partial charge in [0.1, 0.15) is 0 Å². The second-order valence-electron chi connectivity index (χ2n) is 9.13. The summed E-state index contributed by atoms with van der Waals surface area (Å²) in [5.41, 5.74) is 7.48. The third kappa shape index (κ3) is 6.14. The molecule has 0 radical (unpaired) electrons. The third-order valence-electron chi connectivity index (χ3n) is 6.32. The number of nitrogens with zero attached hydrogens (tertiary/aromatic N) is 4. The Morgan fingerprint density at radius 3 is 1.73 bits per heavy atom. The molecular weight excluding hydrogens is 624 g/mol. The van der Waals surface area contributed by atoms with Crippen LogP contribution in [0, 0.1) is 0 Å². The van der Waals surface area contributed by atoms with Crippen molar-refractivity contribution < 1.29 is 0 Å². The molecule has 4 nitrogen and oxygen atoms in total. The van der Waals surface area contributed by atoms with Crippen molar-refractivity contribution >= 4 is 66.6 Å². The van der Waals surface area contributed by atoms with Crippen molar-refractivity contribution in [1.29, 1.82) is 0 Å². The largest absolute Gasteiger partial charge is 0.256 e. The summed E-state index contributed by atoms with van der Waals surface area (Å²) in [6, 6.07) is 40.4. The van der Waals surface area contributed by atoms with Gasteiger partial charge in [0.15, 0.2) is 5.82 Å². The number of aliphatic imine (C=N–C) groups is 2. The zero-order chi connectivity index (χ0) is 27.3. The molecule has 0 N–H and O–H groups in total. The molecule has 0 aliphatic carbocycles. The quantitative estimate of drug-likeness (QED) is 0.169. The van der Waals surface area contributed by atoms with Crippen molar-refractivity contribution in [2.75, 3.05) is 0 Å². The highest BCUT2D eigenvalue weighted by molar-refractivity contribution is 9.10. The average molecular weight is 646 g/mol. The molecule has 0 aliphatic rings. The van der Waals surface area contributed by atoms with Crippen LogP contribution in [-0.2, 0) is 0 Å². The smallest absolute Gasteiger partial charge is 0.160 e. The first kappa shape index (κ1) is 26.0. The molecule has 0 bridgehead atoms.